The number of para-hydroxylation sites is 1. The Hall–Kier alpha value is -1.49. The smallest absolute Gasteiger partial charge is 0.264 e. The minimum atomic E-state index is -2.74. The molecule has 1 aromatic carbocycles. The minimum Gasteiger partial charge on any atom is -0.387 e. The number of aromatic nitrogens is 2. The maximum atomic E-state index is 12.3. The van der Waals surface area contributed by atoms with Crippen molar-refractivity contribution in [2.45, 2.75) is 32.4 Å². The third-order valence-corrected chi connectivity index (χ3v) is 2.73. The minimum absolute atomic E-state index is 0.120. The Bertz CT molecular complexity index is 510. The van der Waals surface area contributed by atoms with Crippen LogP contribution in [0.25, 0.3) is 10.9 Å². The summed E-state index contributed by atoms with van der Waals surface area (Å²) in [6, 6.07) is 7.44. The van der Waals surface area contributed by atoms with E-state index in [1.54, 1.807) is 4.68 Å². The lowest BCUT2D eigenvalue weighted by Crippen LogP contribution is -2.20. The van der Waals surface area contributed by atoms with Crippen LogP contribution in [0.3, 0.4) is 0 Å². The van der Waals surface area contributed by atoms with Gasteiger partial charge >= 0.3 is 0 Å². The van der Waals surface area contributed by atoms with E-state index in [1.165, 1.54) is 0 Å². The number of aliphatic hydroxyl groups is 1. The average molecular weight is 240 g/mol. The van der Waals surface area contributed by atoms with Crippen molar-refractivity contribution in [2.24, 2.45) is 0 Å². The number of nitrogens with zero attached hydrogens (tertiary/aromatic N) is 2. The van der Waals surface area contributed by atoms with Gasteiger partial charge in [-0.05, 0) is 13.0 Å². The van der Waals surface area contributed by atoms with E-state index < -0.39 is 12.5 Å². The van der Waals surface area contributed by atoms with Crippen LogP contribution in [0, 0.1) is 0 Å². The topological polar surface area (TPSA) is 38.0 Å². The number of halogens is 2. The van der Waals surface area contributed by atoms with Gasteiger partial charge in [-0.15, -0.1) is 0 Å². The van der Waals surface area contributed by atoms with Gasteiger partial charge in [-0.25, -0.2) is 8.78 Å². The lowest BCUT2D eigenvalue weighted by Gasteiger charge is -2.06. The molecule has 0 aliphatic rings. The predicted octanol–water partition coefficient (Wildman–Crippen LogP) is 2.22. The lowest BCUT2D eigenvalue weighted by molar-refractivity contribution is -0.00406. The van der Waals surface area contributed by atoms with Crippen LogP contribution in [0.15, 0.2) is 24.3 Å². The normalized spacial score (nSPS) is 13.5. The highest BCUT2D eigenvalue weighted by Gasteiger charge is 2.20. The Balaban J connectivity index is 2.40. The monoisotopic (exact) mass is 240 g/mol. The summed E-state index contributed by atoms with van der Waals surface area (Å²) in [4.78, 5) is 0. The van der Waals surface area contributed by atoms with Gasteiger partial charge in [0.1, 0.15) is 6.10 Å². The zero-order valence-electron chi connectivity index (χ0n) is 9.48. The van der Waals surface area contributed by atoms with Crippen molar-refractivity contribution in [2.75, 3.05) is 0 Å². The van der Waals surface area contributed by atoms with Gasteiger partial charge in [0, 0.05) is 18.4 Å². The van der Waals surface area contributed by atoms with Crippen molar-refractivity contribution < 1.29 is 13.9 Å². The van der Waals surface area contributed by atoms with Crippen LogP contribution in [-0.2, 0) is 13.0 Å². The maximum Gasteiger partial charge on any atom is 0.264 e. The highest BCUT2D eigenvalue weighted by Crippen LogP contribution is 2.20. The first-order valence-corrected chi connectivity index (χ1v) is 5.54. The summed E-state index contributed by atoms with van der Waals surface area (Å²) in [7, 11) is 0. The van der Waals surface area contributed by atoms with Crippen molar-refractivity contribution in [1.29, 1.82) is 0 Å². The van der Waals surface area contributed by atoms with E-state index in [0.717, 1.165) is 10.9 Å². The Morgan fingerprint density at radius 3 is 2.71 bits per heavy atom. The van der Waals surface area contributed by atoms with Crippen molar-refractivity contribution in [3.63, 3.8) is 0 Å². The third kappa shape index (κ3) is 2.29. The molecule has 0 radical (unpaired) electrons. The molecule has 0 spiro atoms. The fourth-order valence-corrected chi connectivity index (χ4v) is 1.88. The van der Waals surface area contributed by atoms with Gasteiger partial charge in [0.25, 0.3) is 6.43 Å². The van der Waals surface area contributed by atoms with Crippen LogP contribution in [0.5, 0.6) is 0 Å². The van der Waals surface area contributed by atoms with E-state index in [2.05, 4.69) is 5.10 Å². The summed E-state index contributed by atoms with van der Waals surface area (Å²) in [5, 5.41) is 14.3. The van der Waals surface area contributed by atoms with E-state index >= 15 is 0 Å². The second-order valence-corrected chi connectivity index (χ2v) is 3.89. The fourth-order valence-electron chi connectivity index (χ4n) is 1.88. The van der Waals surface area contributed by atoms with E-state index in [1.807, 2.05) is 31.2 Å². The quantitative estimate of drug-likeness (QED) is 0.889. The molecule has 0 amide bonds. The molecule has 0 saturated carbocycles. The maximum absolute atomic E-state index is 12.3. The highest BCUT2D eigenvalue weighted by molar-refractivity contribution is 5.81. The molecular weight excluding hydrogens is 226 g/mol. The molecule has 0 aliphatic heterocycles. The Kier molecular flexibility index (Phi) is 3.38. The summed E-state index contributed by atoms with van der Waals surface area (Å²) in [6.07, 6.45) is -4.51. The van der Waals surface area contributed by atoms with Crippen LogP contribution in [-0.4, -0.2) is 27.4 Å². The molecule has 1 heterocycles. The van der Waals surface area contributed by atoms with Crippen LogP contribution < -0.4 is 0 Å². The number of hydrogen-bond acceptors (Lipinski definition) is 2. The Morgan fingerprint density at radius 1 is 1.35 bits per heavy atom. The van der Waals surface area contributed by atoms with E-state index in [9.17, 15) is 13.9 Å². The van der Waals surface area contributed by atoms with Crippen molar-refractivity contribution in [1.82, 2.24) is 9.78 Å². The number of aliphatic hydroxyl groups excluding tert-OH is 1. The molecule has 1 aromatic heterocycles. The summed E-state index contributed by atoms with van der Waals surface area (Å²) < 4.78 is 26.4. The molecule has 3 nitrogen and oxygen atoms in total. The van der Waals surface area contributed by atoms with Crippen LogP contribution in [0.1, 0.15) is 12.6 Å². The van der Waals surface area contributed by atoms with Gasteiger partial charge < -0.3 is 5.11 Å². The first-order chi connectivity index (χ1) is 8.13. The Labute approximate surface area is 97.7 Å². The molecule has 2 aromatic rings. The zero-order chi connectivity index (χ0) is 12.4. The molecule has 0 bridgehead atoms. The standard InChI is InChI=1S/C12H14F2N2O/c1-2-16-10-6-4-3-5-8(10)9(15-16)7-11(17)12(13)14/h3-6,11-12,17H,2,7H2,1H3. The molecule has 2 rings (SSSR count). The van der Waals surface area contributed by atoms with E-state index in [0.29, 0.717) is 12.2 Å². The SMILES string of the molecule is CCn1nc(CC(O)C(F)F)c2ccccc21. The molecule has 0 aliphatic carbocycles. The summed E-state index contributed by atoms with van der Waals surface area (Å²) >= 11 is 0. The highest BCUT2D eigenvalue weighted by atomic mass is 19.3. The molecule has 1 N–H and O–H groups in total. The molecule has 0 fully saturated rings. The predicted molar refractivity (Wildman–Crippen MR) is 61.1 cm³/mol. The van der Waals surface area contributed by atoms with Gasteiger partial charge in [0.05, 0.1) is 11.2 Å². The van der Waals surface area contributed by atoms with Crippen molar-refractivity contribution >= 4 is 10.9 Å². The van der Waals surface area contributed by atoms with Gasteiger partial charge in [-0.3, -0.25) is 4.68 Å². The van der Waals surface area contributed by atoms with E-state index in [-0.39, 0.29) is 6.42 Å². The van der Waals surface area contributed by atoms with Gasteiger partial charge in [-0.2, -0.15) is 5.10 Å². The van der Waals surface area contributed by atoms with Crippen molar-refractivity contribution in [3.05, 3.63) is 30.0 Å². The second kappa shape index (κ2) is 4.79. The number of alkyl halides is 2. The zero-order valence-corrected chi connectivity index (χ0v) is 9.48. The average Bonchev–Trinajstić information content (AvgIpc) is 2.68. The summed E-state index contributed by atoms with van der Waals surface area (Å²) in [6.45, 7) is 2.61. The fraction of sp³-hybridized carbons (Fsp3) is 0.417. The molecule has 1 unspecified atom stereocenters. The molecule has 1 atom stereocenters. The van der Waals surface area contributed by atoms with Crippen LogP contribution in [0.4, 0.5) is 8.78 Å². The van der Waals surface area contributed by atoms with Gasteiger partial charge in [0.2, 0.25) is 0 Å². The van der Waals surface area contributed by atoms with Crippen LogP contribution >= 0.6 is 0 Å². The number of hydrogen-bond donors (Lipinski definition) is 1. The van der Waals surface area contributed by atoms with Crippen LogP contribution in [0.2, 0.25) is 0 Å². The first kappa shape index (κ1) is 12.0. The third-order valence-electron chi connectivity index (χ3n) is 2.73. The molecule has 5 heteroatoms. The second-order valence-electron chi connectivity index (χ2n) is 3.89. The summed E-state index contributed by atoms with van der Waals surface area (Å²) in [5.74, 6) is 0. The first-order valence-electron chi connectivity index (χ1n) is 5.54. The van der Waals surface area contributed by atoms with Crippen molar-refractivity contribution in [3.8, 4) is 0 Å². The number of aryl methyl sites for hydroxylation is 1. The lowest BCUT2D eigenvalue weighted by atomic mass is 10.1. The molecule has 17 heavy (non-hydrogen) atoms. The molecule has 92 valence electrons. The molecular formula is C12H14F2N2O. The largest absolute Gasteiger partial charge is 0.387 e. The molecule has 0 saturated heterocycles. The summed E-state index contributed by atoms with van der Waals surface area (Å²) in [5.41, 5.74) is 1.43. The Morgan fingerprint density at radius 2 is 2.06 bits per heavy atom. The number of benzene rings is 1. The number of fused-ring (bicyclic) bond motifs is 1. The van der Waals surface area contributed by atoms with Gasteiger partial charge in [0.15, 0.2) is 0 Å². The van der Waals surface area contributed by atoms with Gasteiger partial charge in [-0.1, -0.05) is 18.2 Å². The number of rotatable bonds is 4. The van der Waals surface area contributed by atoms with E-state index in [4.69, 9.17) is 0 Å².